The minimum atomic E-state index is -0.157. The number of nitrogens with zero attached hydrogens (tertiary/aromatic N) is 2. The van der Waals surface area contributed by atoms with Gasteiger partial charge >= 0.3 is 5.97 Å². The second-order valence-electron chi connectivity index (χ2n) is 5.86. The number of hydrogen-bond acceptors (Lipinski definition) is 4. The van der Waals surface area contributed by atoms with Crippen molar-refractivity contribution in [3.63, 3.8) is 0 Å². The Morgan fingerprint density at radius 1 is 1.45 bits per heavy atom. The fourth-order valence-corrected chi connectivity index (χ4v) is 2.54. The Kier molecular flexibility index (Phi) is 6.99. The van der Waals surface area contributed by atoms with Crippen LogP contribution in [0.25, 0.3) is 0 Å². The van der Waals surface area contributed by atoms with Crippen LogP contribution in [0.5, 0.6) is 0 Å². The monoisotopic (exact) mass is 284 g/mol. The highest BCUT2D eigenvalue weighted by Crippen LogP contribution is 2.21. The number of likely N-dealkylation sites (N-methyl/N-ethyl adjacent to an activating group) is 1. The summed E-state index contributed by atoms with van der Waals surface area (Å²) in [5.41, 5.74) is 0. The zero-order chi connectivity index (χ0) is 15.1. The Morgan fingerprint density at radius 3 is 2.65 bits per heavy atom. The van der Waals surface area contributed by atoms with Gasteiger partial charge in [-0.1, -0.05) is 13.8 Å². The van der Waals surface area contributed by atoms with E-state index >= 15 is 0 Å². The maximum Gasteiger partial charge on any atom is 0.308 e. The Morgan fingerprint density at radius 2 is 2.15 bits per heavy atom. The molecule has 1 rings (SSSR count). The lowest BCUT2D eigenvalue weighted by atomic mass is 9.99. The summed E-state index contributed by atoms with van der Waals surface area (Å²) in [6.07, 6.45) is 3.18. The highest BCUT2D eigenvalue weighted by Gasteiger charge is 2.29. The molecule has 1 aliphatic rings. The predicted molar refractivity (Wildman–Crippen MR) is 78.3 cm³/mol. The molecule has 0 N–H and O–H groups in total. The van der Waals surface area contributed by atoms with Gasteiger partial charge < -0.3 is 14.5 Å². The third-order valence-electron chi connectivity index (χ3n) is 3.83. The second kappa shape index (κ2) is 8.25. The van der Waals surface area contributed by atoms with Crippen molar-refractivity contribution in [2.45, 2.75) is 45.6 Å². The maximum absolute atomic E-state index is 11.9. The van der Waals surface area contributed by atoms with Crippen molar-refractivity contribution in [2.75, 3.05) is 33.8 Å². The molecule has 0 aromatic heterocycles. The van der Waals surface area contributed by atoms with Crippen molar-refractivity contribution in [3.8, 4) is 0 Å². The van der Waals surface area contributed by atoms with Crippen LogP contribution in [0.3, 0.4) is 0 Å². The van der Waals surface area contributed by atoms with Gasteiger partial charge in [0.2, 0.25) is 5.91 Å². The van der Waals surface area contributed by atoms with Crippen LogP contribution in [0.4, 0.5) is 0 Å². The average Bonchev–Trinajstić information content (AvgIpc) is 2.81. The lowest BCUT2D eigenvalue weighted by Gasteiger charge is -2.28. The Balaban J connectivity index is 2.40. The van der Waals surface area contributed by atoms with Crippen LogP contribution < -0.4 is 0 Å². The molecule has 5 nitrogen and oxygen atoms in total. The number of likely N-dealkylation sites (tertiary alicyclic amines) is 1. The summed E-state index contributed by atoms with van der Waals surface area (Å²) < 4.78 is 5.27. The van der Waals surface area contributed by atoms with E-state index in [1.807, 2.05) is 30.8 Å². The summed E-state index contributed by atoms with van der Waals surface area (Å²) in [6.45, 7) is 5.96. The quantitative estimate of drug-likeness (QED) is 0.634. The number of ether oxygens (including phenoxy) is 1. The van der Waals surface area contributed by atoms with E-state index in [4.69, 9.17) is 4.74 Å². The summed E-state index contributed by atoms with van der Waals surface area (Å²) >= 11 is 0. The van der Waals surface area contributed by atoms with Gasteiger partial charge in [0.05, 0.1) is 5.92 Å². The minimum Gasteiger partial charge on any atom is -0.464 e. The average molecular weight is 284 g/mol. The van der Waals surface area contributed by atoms with Crippen molar-refractivity contribution in [1.29, 1.82) is 0 Å². The molecule has 1 heterocycles. The summed E-state index contributed by atoms with van der Waals surface area (Å²) in [6, 6.07) is 0.168. The van der Waals surface area contributed by atoms with Crippen LogP contribution in [-0.2, 0) is 14.3 Å². The van der Waals surface area contributed by atoms with Gasteiger partial charge in [-0.15, -0.1) is 0 Å². The fraction of sp³-hybridized carbons (Fsp3) is 0.867. The van der Waals surface area contributed by atoms with E-state index in [0.717, 1.165) is 25.9 Å². The molecule has 1 saturated heterocycles. The Bertz CT molecular complexity index is 331. The molecule has 5 heteroatoms. The van der Waals surface area contributed by atoms with Gasteiger partial charge in [0.1, 0.15) is 6.61 Å². The highest BCUT2D eigenvalue weighted by atomic mass is 16.5. The van der Waals surface area contributed by atoms with E-state index in [0.29, 0.717) is 19.4 Å². The van der Waals surface area contributed by atoms with Gasteiger partial charge in [-0.25, -0.2) is 0 Å². The van der Waals surface area contributed by atoms with Crippen LogP contribution in [-0.4, -0.2) is 61.5 Å². The van der Waals surface area contributed by atoms with E-state index in [1.165, 1.54) is 0 Å². The molecule has 0 aromatic rings. The first-order chi connectivity index (χ1) is 9.45. The molecule has 0 bridgehead atoms. The molecule has 1 fully saturated rings. The maximum atomic E-state index is 11.9. The number of carbonyl (C=O) groups excluding carboxylic acids is 2. The third-order valence-corrected chi connectivity index (χ3v) is 3.83. The standard InChI is InChI=1S/C15H28N2O3/c1-5-13(17-8-6-7-14(17)18)11-12(2)15(19)20-10-9-16(3)4/h12-13H,5-11H2,1-4H3/t12-,13?/m1/s1. The molecule has 0 saturated carbocycles. The van der Waals surface area contributed by atoms with E-state index in [9.17, 15) is 9.59 Å². The first kappa shape index (κ1) is 17.0. The molecule has 1 unspecified atom stereocenters. The van der Waals surface area contributed by atoms with Crippen molar-refractivity contribution >= 4 is 11.9 Å². The van der Waals surface area contributed by atoms with E-state index in [-0.39, 0.29) is 23.8 Å². The predicted octanol–water partition coefficient (Wildman–Crippen LogP) is 1.52. The first-order valence-corrected chi connectivity index (χ1v) is 7.56. The molecule has 2 atom stereocenters. The molecule has 0 aromatic carbocycles. The van der Waals surface area contributed by atoms with Crippen molar-refractivity contribution in [1.82, 2.24) is 9.80 Å². The zero-order valence-electron chi connectivity index (χ0n) is 13.2. The normalized spacial score (nSPS) is 18.4. The number of rotatable bonds is 8. The third kappa shape index (κ3) is 5.12. The number of carbonyl (C=O) groups is 2. The lowest BCUT2D eigenvalue weighted by Crippen LogP contribution is -2.38. The fourth-order valence-electron chi connectivity index (χ4n) is 2.54. The Labute approximate surface area is 122 Å². The van der Waals surface area contributed by atoms with Crippen LogP contribution in [0.15, 0.2) is 0 Å². The van der Waals surface area contributed by atoms with Gasteiger partial charge in [-0.3, -0.25) is 9.59 Å². The van der Waals surface area contributed by atoms with Gasteiger partial charge in [-0.2, -0.15) is 0 Å². The van der Waals surface area contributed by atoms with Crippen molar-refractivity contribution in [3.05, 3.63) is 0 Å². The second-order valence-corrected chi connectivity index (χ2v) is 5.86. The first-order valence-electron chi connectivity index (χ1n) is 7.56. The highest BCUT2D eigenvalue weighted by molar-refractivity contribution is 5.78. The molecule has 20 heavy (non-hydrogen) atoms. The van der Waals surface area contributed by atoms with E-state index in [1.54, 1.807) is 0 Å². The molecule has 116 valence electrons. The van der Waals surface area contributed by atoms with Crippen molar-refractivity contribution < 1.29 is 14.3 Å². The van der Waals surface area contributed by atoms with Gasteiger partial charge in [0.15, 0.2) is 0 Å². The molecule has 1 amide bonds. The molecule has 0 radical (unpaired) electrons. The van der Waals surface area contributed by atoms with Gasteiger partial charge in [-0.05, 0) is 33.4 Å². The molecule has 0 aliphatic carbocycles. The summed E-state index contributed by atoms with van der Waals surface area (Å²) in [4.78, 5) is 27.6. The smallest absolute Gasteiger partial charge is 0.308 e. The SMILES string of the molecule is CCC(C[C@@H](C)C(=O)OCCN(C)C)N1CCCC1=O. The summed E-state index contributed by atoms with van der Waals surface area (Å²) in [5.74, 6) is -0.0857. The number of amides is 1. The molecular weight excluding hydrogens is 256 g/mol. The van der Waals surface area contributed by atoms with E-state index < -0.39 is 0 Å². The van der Waals surface area contributed by atoms with Crippen LogP contribution in [0.2, 0.25) is 0 Å². The van der Waals surface area contributed by atoms with Gasteiger partial charge in [0, 0.05) is 25.6 Å². The molecule has 0 spiro atoms. The largest absolute Gasteiger partial charge is 0.464 e. The number of esters is 1. The van der Waals surface area contributed by atoms with Crippen molar-refractivity contribution in [2.24, 2.45) is 5.92 Å². The Hall–Kier alpha value is -1.10. The topological polar surface area (TPSA) is 49.9 Å². The minimum absolute atomic E-state index is 0.156. The number of hydrogen-bond donors (Lipinski definition) is 0. The van der Waals surface area contributed by atoms with Crippen LogP contribution in [0, 0.1) is 5.92 Å². The van der Waals surface area contributed by atoms with Gasteiger partial charge in [0.25, 0.3) is 0 Å². The lowest BCUT2D eigenvalue weighted by molar-refractivity contribution is -0.149. The van der Waals surface area contributed by atoms with E-state index in [2.05, 4.69) is 6.92 Å². The summed E-state index contributed by atoms with van der Waals surface area (Å²) in [7, 11) is 3.90. The molecular formula is C15H28N2O3. The molecule has 1 aliphatic heterocycles. The summed E-state index contributed by atoms with van der Waals surface area (Å²) in [5, 5.41) is 0. The zero-order valence-corrected chi connectivity index (χ0v) is 13.2. The van der Waals surface area contributed by atoms with Crippen LogP contribution in [0.1, 0.15) is 39.5 Å². The van der Waals surface area contributed by atoms with Crippen LogP contribution >= 0.6 is 0 Å².